The maximum absolute atomic E-state index is 9.20. The molecule has 1 saturated carbocycles. The lowest BCUT2D eigenvalue weighted by Gasteiger charge is -2.38. The van der Waals surface area contributed by atoms with Crippen molar-refractivity contribution >= 4 is 5.82 Å². The summed E-state index contributed by atoms with van der Waals surface area (Å²) < 4.78 is 5.52. The van der Waals surface area contributed by atoms with Gasteiger partial charge in [0.2, 0.25) is 5.89 Å². The van der Waals surface area contributed by atoms with Gasteiger partial charge in [0.1, 0.15) is 23.6 Å². The Morgan fingerprint density at radius 2 is 2.08 bits per heavy atom. The Hall–Kier alpha value is -2.46. The van der Waals surface area contributed by atoms with Crippen molar-refractivity contribution in [3.8, 4) is 6.07 Å². The third kappa shape index (κ3) is 2.74. The van der Waals surface area contributed by atoms with Gasteiger partial charge >= 0.3 is 0 Å². The minimum absolute atomic E-state index is 0.0485. The molecule has 4 rings (SSSR count). The fourth-order valence-electron chi connectivity index (χ4n) is 3.05. The van der Waals surface area contributed by atoms with Crippen LogP contribution in [0.3, 0.4) is 0 Å². The zero-order chi connectivity index (χ0) is 16.7. The van der Waals surface area contributed by atoms with Crippen molar-refractivity contribution in [3.63, 3.8) is 0 Å². The summed E-state index contributed by atoms with van der Waals surface area (Å²) in [5.41, 5.74) is 1.38. The van der Waals surface area contributed by atoms with Gasteiger partial charge in [0, 0.05) is 25.6 Å². The first-order valence-corrected chi connectivity index (χ1v) is 8.32. The summed E-state index contributed by atoms with van der Waals surface area (Å²) in [6.45, 7) is 4.37. The van der Waals surface area contributed by atoms with Gasteiger partial charge in [-0.3, -0.25) is 4.90 Å². The molecule has 1 aliphatic heterocycles. The van der Waals surface area contributed by atoms with E-state index in [-0.39, 0.29) is 6.04 Å². The second-order valence-electron chi connectivity index (χ2n) is 6.65. The first-order valence-electron chi connectivity index (χ1n) is 8.32. The van der Waals surface area contributed by atoms with Crippen molar-refractivity contribution in [2.24, 2.45) is 0 Å². The molecule has 0 spiro atoms. The van der Waals surface area contributed by atoms with Gasteiger partial charge in [-0.2, -0.15) is 10.2 Å². The molecule has 2 aliphatic rings. The Kier molecular flexibility index (Phi) is 3.69. The number of hydrogen-bond acceptors (Lipinski definition) is 7. The van der Waals surface area contributed by atoms with Crippen LogP contribution in [-0.2, 0) is 0 Å². The fourth-order valence-corrected chi connectivity index (χ4v) is 3.05. The summed E-state index contributed by atoms with van der Waals surface area (Å²) in [6.07, 6.45) is 2.33. The van der Waals surface area contributed by atoms with Crippen LogP contribution in [0.25, 0.3) is 0 Å². The fraction of sp³-hybridized carbons (Fsp3) is 0.529. The Labute approximate surface area is 140 Å². The molecule has 2 fully saturated rings. The number of likely N-dealkylation sites (N-methyl/N-ethyl adjacent to an activating group) is 1. The highest BCUT2D eigenvalue weighted by Gasteiger charge is 2.34. The van der Waals surface area contributed by atoms with Crippen LogP contribution in [0.15, 0.2) is 16.7 Å². The number of aryl methyl sites for hydroxylation is 1. The maximum atomic E-state index is 9.20. The van der Waals surface area contributed by atoms with Crippen LogP contribution in [0, 0.1) is 18.3 Å². The number of nitrogens with zero attached hydrogens (tertiary/aromatic N) is 6. The quantitative estimate of drug-likeness (QED) is 0.854. The van der Waals surface area contributed by atoms with Gasteiger partial charge in [-0.05, 0) is 38.4 Å². The lowest BCUT2D eigenvalue weighted by Crippen LogP contribution is -2.47. The summed E-state index contributed by atoms with van der Waals surface area (Å²) in [7, 11) is 2.08. The van der Waals surface area contributed by atoms with Crippen LogP contribution in [0.2, 0.25) is 0 Å². The number of rotatable bonds is 3. The molecular weight excluding hydrogens is 304 g/mol. The molecule has 1 aliphatic carbocycles. The van der Waals surface area contributed by atoms with E-state index >= 15 is 0 Å². The van der Waals surface area contributed by atoms with Gasteiger partial charge in [-0.1, -0.05) is 11.2 Å². The first-order chi connectivity index (χ1) is 11.7. The standard InChI is InChI=1S/C17H20N6O/c1-11-3-6-15(19-13(11)9-18)23-8-7-22(2)14(10-23)17-20-16(21-24-17)12-4-5-12/h3,6,12,14H,4-5,7-8,10H2,1-2H3/t14-/m0/s1. The smallest absolute Gasteiger partial charge is 0.245 e. The Bertz CT molecular complexity index is 791. The molecule has 0 unspecified atom stereocenters. The SMILES string of the molecule is Cc1ccc(N2CCN(C)[C@H](c3nc(C4CC4)no3)C2)nc1C#N. The average Bonchev–Trinajstić information content (AvgIpc) is 3.33. The Balaban J connectivity index is 1.57. The summed E-state index contributed by atoms with van der Waals surface area (Å²) in [6, 6.07) is 6.13. The summed E-state index contributed by atoms with van der Waals surface area (Å²) >= 11 is 0. The van der Waals surface area contributed by atoms with Crippen molar-refractivity contribution in [1.29, 1.82) is 5.26 Å². The molecule has 0 amide bonds. The Morgan fingerprint density at radius 3 is 2.83 bits per heavy atom. The van der Waals surface area contributed by atoms with E-state index in [4.69, 9.17) is 4.52 Å². The van der Waals surface area contributed by atoms with E-state index in [0.29, 0.717) is 17.5 Å². The normalized spacial score (nSPS) is 21.7. The van der Waals surface area contributed by atoms with Crippen molar-refractivity contribution in [2.75, 3.05) is 31.6 Å². The van der Waals surface area contributed by atoms with Gasteiger partial charge in [0.25, 0.3) is 0 Å². The van der Waals surface area contributed by atoms with Crippen LogP contribution in [0.4, 0.5) is 5.82 Å². The van der Waals surface area contributed by atoms with Crippen molar-refractivity contribution in [2.45, 2.75) is 31.7 Å². The minimum atomic E-state index is 0.0485. The summed E-state index contributed by atoms with van der Waals surface area (Å²) in [5, 5.41) is 13.3. The minimum Gasteiger partial charge on any atom is -0.353 e. The van der Waals surface area contributed by atoms with Gasteiger partial charge in [0.15, 0.2) is 5.82 Å². The molecule has 2 aromatic heterocycles. The molecule has 2 aromatic rings. The summed E-state index contributed by atoms with van der Waals surface area (Å²) in [4.78, 5) is 13.5. The monoisotopic (exact) mass is 324 g/mol. The van der Waals surface area contributed by atoms with E-state index < -0.39 is 0 Å². The van der Waals surface area contributed by atoms with Crippen LogP contribution in [0.1, 0.15) is 47.8 Å². The van der Waals surface area contributed by atoms with Crippen LogP contribution in [0.5, 0.6) is 0 Å². The molecule has 0 radical (unpaired) electrons. The highest BCUT2D eigenvalue weighted by molar-refractivity contribution is 5.45. The van der Waals surface area contributed by atoms with E-state index in [1.807, 2.05) is 19.1 Å². The molecule has 7 heteroatoms. The highest BCUT2D eigenvalue weighted by atomic mass is 16.5. The third-order valence-corrected chi connectivity index (χ3v) is 4.85. The number of pyridine rings is 1. The van der Waals surface area contributed by atoms with Crippen LogP contribution < -0.4 is 4.90 Å². The predicted octanol–water partition coefficient (Wildman–Crippen LogP) is 2.02. The van der Waals surface area contributed by atoms with Crippen LogP contribution in [-0.4, -0.2) is 46.7 Å². The largest absolute Gasteiger partial charge is 0.353 e. The average molecular weight is 324 g/mol. The zero-order valence-electron chi connectivity index (χ0n) is 13.9. The van der Waals surface area contributed by atoms with E-state index in [1.165, 1.54) is 0 Å². The molecule has 24 heavy (non-hydrogen) atoms. The van der Waals surface area contributed by atoms with Gasteiger partial charge in [-0.15, -0.1) is 0 Å². The van der Waals surface area contributed by atoms with E-state index in [1.54, 1.807) is 0 Å². The topological polar surface area (TPSA) is 82.1 Å². The van der Waals surface area contributed by atoms with E-state index in [0.717, 1.165) is 49.7 Å². The van der Waals surface area contributed by atoms with Gasteiger partial charge < -0.3 is 9.42 Å². The molecule has 124 valence electrons. The molecule has 0 N–H and O–H groups in total. The Morgan fingerprint density at radius 1 is 1.25 bits per heavy atom. The van der Waals surface area contributed by atoms with Gasteiger partial charge in [0.05, 0.1) is 0 Å². The molecule has 1 saturated heterocycles. The van der Waals surface area contributed by atoms with Gasteiger partial charge in [-0.25, -0.2) is 4.98 Å². The van der Waals surface area contributed by atoms with Crippen LogP contribution >= 0.6 is 0 Å². The maximum Gasteiger partial charge on any atom is 0.245 e. The lowest BCUT2D eigenvalue weighted by molar-refractivity contribution is 0.177. The van der Waals surface area contributed by atoms with E-state index in [9.17, 15) is 5.26 Å². The molecular formula is C17H20N6O. The van der Waals surface area contributed by atoms with Crippen molar-refractivity contribution in [1.82, 2.24) is 20.0 Å². The lowest BCUT2D eigenvalue weighted by atomic mass is 10.1. The summed E-state index contributed by atoms with van der Waals surface area (Å²) in [5.74, 6) is 2.84. The number of nitriles is 1. The third-order valence-electron chi connectivity index (χ3n) is 4.85. The predicted molar refractivity (Wildman–Crippen MR) is 87.5 cm³/mol. The molecule has 3 heterocycles. The molecule has 7 nitrogen and oxygen atoms in total. The molecule has 1 atom stereocenters. The molecule has 0 bridgehead atoms. The number of anilines is 1. The first kappa shape index (κ1) is 15.1. The highest BCUT2D eigenvalue weighted by Crippen LogP contribution is 2.39. The van der Waals surface area contributed by atoms with Crippen molar-refractivity contribution in [3.05, 3.63) is 35.1 Å². The number of aromatic nitrogens is 3. The number of hydrogen-bond donors (Lipinski definition) is 0. The molecule has 0 aromatic carbocycles. The second-order valence-corrected chi connectivity index (χ2v) is 6.65. The van der Waals surface area contributed by atoms with Crippen molar-refractivity contribution < 1.29 is 4.52 Å². The zero-order valence-corrected chi connectivity index (χ0v) is 13.9. The second kappa shape index (κ2) is 5.87. The van der Waals surface area contributed by atoms with E-state index in [2.05, 4.69) is 38.0 Å². The number of piperazine rings is 1.